The van der Waals surface area contributed by atoms with E-state index in [1.54, 1.807) is 19.6 Å². The number of para-hydroxylation sites is 1. The quantitative estimate of drug-likeness (QED) is 0.544. The number of imidazole rings is 1. The molecular formula is C22H24N4O2. The number of ether oxygens (including phenoxy) is 2. The maximum atomic E-state index is 8.64. The fourth-order valence-electron chi connectivity index (χ4n) is 2.93. The molecule has 0 saturated heterocycles. The van der Waals surface area contributed by atoms with E-state index >= 15 is 0 Å². The van der Waals surface area contributed by atoms with E-state index < -0.39 is 0 Å². The molecule has 0 bridgehead atoms. The molecule has 0 fully saturated rings. The predicted molar refractivity (Wildman–Crippen MR) is 107 cm³/mol. The van der Waals surface area contributed by atoms with E-state index in [1.807, 2.05) is 41.1 Å². The summed E-state index contributed by atoms with van der Waals surface area (Å²) < 4.78 is 13.2. The minimum atomic E-state index is 0.486. The number of benzene rings is 2. The highest BCUT2D eigenvalue weighted by Gasteiger charge is 2.07. The van der Waals surface area contributed by atoms with Crippen molar-refractivity contribution in [1.82, 2.24) is 14.9 Å². The summed E-state index contributed by atoms with van der Waals surface area (Å²) in [6, 6.07) is 16.3. The number of nitrogens with zero attached hydrogens (tertiary/aromatic N) is 3. The van der Waals surface area contributed by atoms with Crippen LogP contribution < -0.4 is 14.8 Å². The van der Waals surface area contributed by atoms with Gasteiger partial charge in [0.25, 0.3) is 0 Å². The third kappa shape index (κ3) is 5.12. The van der Waals surface area contributed by atoms with Crippen LogP contribution in [0.25, 0.3) is 5.69 Å². The highest BCUT2D eigenvalue weighted by atomic mass is 16.5. The van der Waals surface area contributed by atoms with Gasteiger partial charge in [0, 0.05) is 31.9 Å². The first-order valence-electron chi connectivity index (χ1n) is 9.25. The van der Waals surface area contributed by atoms with Gasteiger partial charge in [-0.25, -0.2) is 4.98 Å². The average molecular weight is 376 g/mol. The molecule has 28 heavy (non-hydrogen) atoms. The Bertz CT molecular complexity index is 917. The highest BCUT2D eigenvalue weighted by Crippen LogP contribution is 2.28. The fourth-order valence-corrected chi connectivity index (χ4v) is 2.93. The van der Waals surface area contributed by atoms with Crippen LogP contribution in [0.4, 0.5) is 0 Å². The van der Waals surface area contributed by atoms with Gasteiger partial charge < -0.3 is 19.4 Å². The fraction of sp³-hybridized carbons (Fsp3) is 0.273. The van der Waals surface area contributed by atoms with Gasteiger partial charge in [-0.1, -0.05) is 24.3 Å². The third-order valence-corrected chi connectivity index (χ3v) is 4.34. The van der Waals surface area contributed by atoms with Gasteiger partial charge in [0.05, 0.1) is 31.8 Å². The van der Waals surface area contributed by atoms with Gasteiger partial charge in [-0.05, 0) is 35.7 Å². The van der Waals surface area contributed by atoms with Crippen molar-refractivity contribution >= 4 is 0 Å². The van der Waals surface area contributed by atoms with Gasteiger partial charge in [-0.2, -0.15) is 5.26 Å². The van der Waals surface area contributed by atoms with E-state index in [1.165, 1.54) is 5.56 Å². The van der Waals surface area contributed by atoms with E-state index in [0.29, 0.717) is 37.5 Å². The lowest BCUT2D eigenvalue weighted by molar-refractivity contribution is 0.290. The second-order valence-corrected chi connectivity index (χ2v) is 6.30. The number of aromatic nitrogens is 2. The van der Waals surface area contributed by atoms with E-state index in [9.17, 15) is 0 Å². The molecule has 6 heteroatoms. The Morgan fingerprint density at radius 3 is 2.82 bits per heavy atom. The Balaban J connectivity index is 1.62. The predicted octanol–water partition coefficient (Wildman–Crippen LogP) is 3.85. The van der Waals surface area contributed by atoms with Gasteiger partial charge in [0.2, 0.25) is 0 Å². The maximum Gasteiger partial charge on any atom is 0.161 e. The molecule has 3 aromatic rings. The Morgan fingerprint density at radius 2 is 2.04 bits per heavy atom. The van der Waals surface area contributed by atoms with Crippen LogP contribution in [0.5, 0.6) is 11.5 Å². The zero-order chi connectivity index (χ0) is 19.6. The summed E-state index contributed by atoms with van der Waals surface area (Å²) in [6.07, 6.45) is 6.71. The molecule has 0 amide bonds. The summed E-state index contributed by atoms with van der Waals surface area (Å²) in [7, 11) is 1.63. The number of hydrogen-bond donors (Lipinski definition) is 1. The molecule has 0 saturated carbocycles. The summed E-state index contributed by atoms with van der Waals surface area (Å²) >= 11 is 0. The Morgan fingerprint density at radius 1 is 1.14 bits per heavy atom. The lowest BCUT2D eigenvalue weighted by Crippen LogP contribution is -2.14. The second-order valence-electron chi connectivity index (χ2n) is 6.30. The Labute approximate surface area is 165 Å². The van der Waals surface area contributed by atoms with Crippen LogP contribution >= 0.6 is 0 Å². The molecule has 0 radical (unpaired) electrons. The number of hydrogen-bond acceptors (Lipinski definition) is 5. The molecule has 0 atom stereocenters. The van der Waals surface area contributed by atoms with Crippen molar-refractivity contribution in [3.05, 3.63) is 72.3 Å². The largest absolute Gasteiger partial charge is 0.493 e. The molecule has 0 aliphatic carbocycles. The number of nitriles is 1. The summed E-state index contributed by atoms with van der Waals surface area (Å²) in [6.45, 7) is 1.94. The molecule has 3 rings (SSSR count). The molecule has 0 aliphatic rings. The Kier molecular flexibility index (Phi) is 7.05. The van der Waals surface area contributed by atoms with E-state index in [-0.39, 0.29) is 0 Å². The lowest BCUT2D eigenvalue weighted by atomic mass is 10.1. The number of rotatable bonds is 10. The van der Waals surface area contributed by atoms with Gasteiger partial charge in [0.1, 0.15) is 0 Å². The molecule has 0 spiro atoms. The van der Waals surface area contributed by atoms with Crippen molar-refractivity contribution in [2.75, 3.05) is 13.7 Å². The normalized spacial score (nSPS) is 10.4. The average Bonchev–Trinajstić information content (AvgIpc) is 3.26. The number of methoxy groups -OCH3 is 1. The van der Waals surface area contributed by atoms with E-state index in [2.05, 4.69) is 28.5 Å². The van der Waals surface area contributed by atoms with Crippen LogP contribution in [0.1, 0.15) is 24.0 Å². The smallest absolute Gasteiger partial charge is 0.161 e. The van der Waals surface area contributed by atoms with Crippen molar-refractivity contribution in [3.63, 3.8) is 0 Å². The van der Waals surface area contributed by atoms with Crippen LogP contribution in [-0.4, -0.2) is 23.3 Å². The molecule has 0 aliphatic heterocycles. The monoisotopic (exact) mass is 376 g/mol. The SMILES string of the molecule is COc1ccc(CNCc2ccccc2-n2ccnc2)cc1OCCCC#N. The zero-order valence-electron chi connectivity index (χ0n) is 16.0. The summed E-state index contributed by atoms with van der Waals surface area (Å²) in [5, 5.41) is 12.1. The van der Waals surface area contributed by atoms with Crippen LogP contribution in [-0.2, 0) is 13.1 Å². The van der Waals surface area contributed by atoms with Crippen molar-refractivity contribution in [2.24, 2.45) is 0 Å². The van der Waals surface area contributed by atoms with Gasteiger partial charge >= 0.3 is 0 Å². The van der Waals surface area contributed by atoms with Gasteiger partial charge in [0.15, 0.2) is 11.5 Å². The van der Waals surface area contributed by atoms with Crippen molar-refractivity contribution in [1.29, 1.82) is 5.26 Å². The molecule has 0 unspecified atom stereocenters. The van der Waals surface area contributed by atoms with Crippen LogP contribution in [0.15, 0.2) is 61.2 Å². The standard InChI is InChI=1S/C22H24N4O2/c1-27-21-9-8-18(14-22(21)28-13-5-4-10-23)15-25-16-19-6-2-3-7-20(19)26-12-11-24-17-26/h2-3,6-9,11-12,14,17,25H,4-5,13,15-16H2,1H3. The van der Waals surface area contributed by atoms with Crippen molar-refractivity contribution in [2.45, 2.75) is 25.9 Å². The van der Waals surface area contributed by atoms with Crippen LogP contribution in [0.3, 0.4) is 0 Å². The second kappa shape index (κ2) is 10.1. The van der Waals surface area contributed by atoms with Gasteiger partial charge in [-0.15, -0.1) is 0 Å². The number of nitrogens with one attached hydrogen (secondary N) is 1. The lowest BCUT2D eigenvalue weighted by Gasteiger charge is -2.14. The van der Waals surface area contributed by atoms with Crippen molar-refractivity contribution < 1.29 is 9.47 Å². The summed E-state index contributed by atoms with van der Waals surface area (Å²) in [5.41, 5.74) is 3.42. The maximum absolute atomic E-state index is 8.64. The molecule has 1 heterocycles. The van der Waals surface area contributed by atoms with Crippen LogP contribution in [0.2, 0.25) is 0 Å². The molecule has 144 valence electrons. The van der Waals surface area contributed by atoms with E-state index in [0.717, 1.165) is 17.8 Å². The molecule has 1 aromatic heterocycles. The molecular weight excluding hydrogens is 352 g/mol. The summed E-state index contributed by atoms with van der Waals surface area (Å²) in [5.74, 6) is 1.41. The molecule has 2 aromatic carbocycles. The molecule has 6 nitrogen and oxygen atoms in total. The first-order valence-corrected chi connectivity index (χ1v) is 9.25. The van der Waals surface area contributed by atoms with Gasteiger partial charge in [-0.3, -0.25) is 0 Å². The number of unbranched alkanes of at least 4 members (excludes halogenated alkanes) is 1. The molecule has 1 N–H and O–H groups in total. The topological polar surface area (TPSA) is 72.1 Å². The zero-order valence-corrected chi connectivity index (χ0v) is 16.0. The minimum absolute atomic E-state index is 0.486. The Hall–Kier alpha value is -3.30. The van der Waals surface area contributed by atoms with Crippen LogP contribution in [0, 0.1) is 11.3 Å². The third-order valence-electron chi connectivity index (χ3n) is 4.34. The summed E-state index contributed by atoms with van der Waals surface area (Å²) in [4.78, 5) is 4.13. The van der Waals surface area contributed by atoms with Crippen molar-refractivity contribution in [3.8, 4) is 23.3 Å². The first-order chi connectivity index (χ1) is 13.8. The highest BCUT2D eigenvalue weighted by molar-refractivity contribution is 5.43. The van der Waals surface area contributed by atoms with E-state index in [4.69, 9.17) is 14.7 Å². The minimum Gasteiger partial charge on any atom is -0.493 e. The first kappa shape index (κ1) is 19.5.